The van der Waals surface area contributed by atoms with E-state index < -0.39 is 0 Å². The lowest BCUT2D eigenvalue weighted by Crippen LogP contribution is -2.32. The summed E-state index contributed by atoms with van der Waals surface area (Å²) in [6.07, 6.45) is 8.04. The third kappa shape index (κ3) is 3.83. The number of hydrogen-bond donors (Lipinski definition) is 2. The van der Waals surface area contributed by atoms with E-state index in [1.54, 1.807) is 0 Å². The maximum absolute atomic E-state index is 5.74. The van der Waals surface area contributed by atoms with Crippen LogP contribution >= 0.6 is 0 Å². The van der Waals surface area contributed by atoms with Gasteiger partial charge in [-0.3, -0.25) is 0 Å². The Balaban J connectivity index is 1.77. The van der Waals surface area contributed by atoms with Gasteiger partial charge >= 0.3 is 0 Å². The van der Waals surface area contributed by atoms with Crippen molar-refractivity contribution in [2.75, 3.05) is 6.54 Å². The van der Waals surface area contributed by atoms with E-state index in [0.29, 0.717) is 6.54 Å². The Labute approximate surface area is 105 Å². The Morgan fingerprint density at radius 3 is 2.47 bits per heavy atom. The van der Waals surface area contributed by atoms with E-state index in [-0.39, 0.29) is 0 Å². The number of rotatable bonds is 5. The normalized spacial score (nSPS) is 17.2. The first kappa shape index (κ1) is 12.6. The summed E-state index contributed by atoms with van der Waals surface area (Å²) in [5.41, 5.74) is 8.44. The highest BCUT2D eigenvalue weighted by Gasteiger charge is 2.12. The monoisotopic (exact) mass is 232 g/mol. The van der Waals surface area contributed by atoms with Crippen molar-refractivity contribution in [2.24, 2.45) is 5.73 Å². The van der Waals surface area contributed by atoms with E-state index in [4.69, 9.17) is 5.73 Å². The molecule has 0 aromatic heterocycles. The molecule has 1 aliphatic carbocycles. The molecule has 2 rings (SSSR count). The highest BCUT2D eigenvalue weighted by molar-refractivity contribution is 5.27. The van der Waals surface area contributed by atoms with Crippen LogP contribution in [0.4, 0.5) is 0 Å². The minimum Gasteiger partial charge on any atom is -0.326 e. The van der Waals surface area contributed by atoms with Crippen molar-refractivity contribution in [1.82, 2.24) is 5.32 Å². The van der Waals surface area contributed by atoms with E-state index in [1.165, 1.54) is 43.2 Å². The Bertz CT molecular complexity index is 329. The van der Waals surface area contributed by atoms with Crippen LogP contribution in [-0.2, 0) is 13.0 Å². The summed E-state index contributed by atoms with van der Waals surface area (Å²) in [4.78, 5) is 0. The van der Waals surface area contributed by atoms with Crippen molar-refractivity contribution >= 4 is 0 Å². The molecule has 0 unspecified atom stereocenters. The minimum absolute atomic E-state index is 0.652. The molecule has 0 saturated heterocycles. The lowest BCUT2D eigenvalue weighted by atomic mass is 9.95. The number of nitrogens with one attached hydrogen (secondary N) is 1. The molecule has 0 radical (unpaired) electrons. The van der Waals surface area contributed by atoms with Crippen LogP contribution in [0.3, 0.4) is 0 Å². The highest BCUT2D eigenvalue weighted by atomic mass is 14.9. The van der Waals surface area contributed by atoms with Crippen LogP contribution in [0.15, 0.2) is 24.3 Å². The van der Waals surface area contributed by atoms with Crippen LogP contribution in [0, 0.1) is 0 Å². The first-order chi connectivity index (χ1) is 8.40. The Morgan fingerprint density at radius 2 is 1.76 bits per heavy atom. The number of hydrogen-bond acceptors (Lipinski definition) is 2. The summed E-state index contributed by atoms with van der Waals surface area (Å²) in [7, 11) is 0. The summed E-state index contributed by atoms with van der Waals surface area (Å²) in [6, 6.07) is 9.27. The van der Waals surface area contributed by atoms with Gasteiger partial charge in [-0.15, -0.1) is 0 Å². The molecule has 0 spiro atoms. The molecular weight excluding hydrogens is 208 g/mol. The maximum atomic E-state index is 5.74. The summed E-state index contributed by atoms with van der Waals surface area (Å²) in [5, 5.41) is 3.68. The Morgan fingerprint density at radius 1 is 1.06 bits per heavy atom. The molecule has 3 N–H and O–H groups in total. The second-order valence-electron chi connectivity index (χ2n) is 5.01. The maximum Gasteiger partial charge on any atom is 0.0180 e. The van der Waals surface area contributed by atoms with Crippen LogP contribution in [0.1, 0.15) is 43.2 Å². The topological polar surface area (TPSA) is 38.0 Å². The van der Waals surface area contributed by atoms with Crippen molar-refractivity contribution < 1.29 is 0 Å². The van der Waals surface area contributed by atoms with E-state index >= 15 is 0 Å². The van der Waals surface area contributed by atoms with Gasteiger partial charge in [0.2, 0.25) is 0 Å². The summed E-state index contributed by atoms with van der Waals surface area (Å²) < 4.78 is 0. The zero-order valence-electron chi connectivity index (χ0n) is 10.6. The molecule has 1 aliphatic rings. The van der Waals surface area contributed by atoms with Gasteiger partial charge in [0, 0.05) is 12.6 Å². The van der Waals surface area contributed by atoms with Gasteiger partial charge < -0.3 is 11.1 Å². The van der Waals surface area contributed by atoms with Crippen LogP contribution in [0.2, 0.25) is 0 Å². The lowest BCUT2D eigenvalue weighted by Gasteiger charge is -2.23. The second-order valence-corrected chi connectivity index (χ2v) is 5.01. The average molecular weight is 232 g/mol. The van der Waals surface area contributed by atoms with Crippen LogP contribution < -0.4 is 11.1 Å². The molecule has 0 bridgehead atoms. The second kappa shape index (κ2) is 6.77. The average Bonchev–Trinajstić information content (AvgIpc) is 2.40. The summed E-state index contributed by atoms with van der Waals surface area (Å²) in [6.45, 7) is 1.74. The molecule has 0 heterocycles. The van der Waals surface area contributed by atoms with E-state index in [9.17, 15) is 0 Å². The van der Waals surface area contributed by atoms with Crippen molar-refractivity contribution in [1.29, 1.82) is 0 Å². The molecule has 1 saturated carbocycles. The predicted octanol–water partition coefficient (Wildman–Crippen LogP) is 2.61. The Hall–Kier alpha value is -0.860. The van der Waals surface area contributed by atoms with E-state index in [0.717, 1.165) is 19.0 Å². The van der Waals surface area contributed by atoms with E-state index in [2.05, 4.69) is 29.6 Å². The van der Waals surface area contributed by atoms with Gasteiger partial charge in [-0.05, 0) is 36.9 Å². The highest BCUT2D eigenvalue weighted by Crippen LogP contribution is 2.17. The summed E-state index contributed by atoms with van der Waals surface area (Å²) in [5.74, 6) is 0. The standard InChI is InChI=1S/C15H24N2/c16-12-14-7-5-4-6-13(14)10-11-17-15-8-2-1-3-9-15/h4-7,15,17H,1-3,8-12,16H2. The van der Waals surface area contributed by atoms with Crippen LogP contribution in [0.25, 0.3) is 0 Å². The molecule has 1 fully saturated rings. The van der Waals surface area contributed by atoms with Crippen molar-refractivity contribution in [3.8, 4) is 0 Å². The zero-order valence-corrected chi connectivity index (χ0v) is 10.6. The molecule has 17 heavy (non-hydrogen) atoms. The van der Waals surface area contributed by atoms with Crippen molar-refractivity contribution in [2.45, 2.75) is 51.1 Å². The van der Waals surface area contributed by atoms with Gasteiger partial charge in [0.15, 0.2) is 0 Å². The fourth-order valence-corrected chi connectivity index (χ4v) is 2.72. The van der Waals surface area contributed by atoms with Crippen LogP contribution in [-0.4, -0.2) is 12.6 Å². The van der Waals surface area contributed by atoms with Gasteiger partial charge in [0.05, 0.1) is 0 Å². The third-order valence-electron chi connectivity index (χ3n) is 3.77. The van der Waals surface area contributed by atoms with Crippen molar-refractivity contribution in [3.63, 3.8) is 0 Å². The molecule has 2 heteroatoms. The zero-order chi connectivity index (χ0) is 11.9. The number of benzene rings is 1. The molecule has 0 atom stereocenters. The first-order valence-corrected chi connectivity index (χ1v) is 6.90. The van der Waals surface area contributed by atoms with Crippen LogP contribution in [0.5, 0.6) is 0 Å². The van der Waals surface area contributed by atoms with Gasteiger partial charge in [-0.2, -0.15) is 0 Å². The smallest absolute Gasteiger partial charge is 0.0180 e. The minimum atomic E-state index is 0.652. The van der Waals surface area contributed by atoms with Gasteiger partial charge in [0.1, 0.15) is 0 Å². The molecular formula is C15H24N2. The third-order valence-corrected chi connectivity index (χ3v) is 3.77. The predicted molar refractivity (Wildman–Crippen MR) is 72.9 cm³/mol. The molecule has 0 aliphatic heterocycles. The largest absolute Gasteiger partial charge is 0.326 e. The fraction of sp³-hybridized carbons (Fsp3) is 0.600. The molecule has 0 amide bonds. The molecule has 94 valence electrons. The fourth-order valence-electron chi connectivity index (χ4n) is 2.72. The summed E-state index contributed by atoms with van der Waals surface area (Å²) >= 11 is 0. The lowest BCUT2D eigenvalue weighted by molar-refractivity contribution is 0.375. The van der Waals surface area contributed by atoms with Crippen molar-refractivity contribution in [3.05, 3.63) is 35.4 Å². The van der Waals surface area contributed by atoms with Gasteiger partial charge in [-0.1, -0.05) is 43.5 Å². The quantitative estimate of drug-likeness (QED) is 0.819. The van der Waals surface area contributed by atoms with Gasteiger partial charge in [-0.25, -0.2) is 0 Å². The SMILES string of the molecule is NCc1ccccc1CCNC1CCCCC1. The molecule has 1 aromatic carbocycles. The number of nitrogens with two attached hydrogens (primary N) is 1. The van der Waals surface area contributed by atoms with E-state index in [1.807, 2.05) is 0 Å². The molecule has 1 aromatic rings. The first-order valence-electron chi connectivity index (χ1n) is 6.90. The molecule has 2 nitrogen and oxygen atoms in total. The Kier molecular flexibility index (Phi) is 5.02. The van der Waals surface area contributed by atoms with Gasteiger partial charge in [0.25, 0.3) is 0 Å².